The number of benzene rings is 1. The van der Waals surface area contributed by atoms with E-state index in [0.29, 0.717) is 13.1 Å². The summed E-state index contributed by atoms with van der Waals surface area (Å²) in [5.74, 6) is -0.303. The SMILES string of the molecule is O=C(Nc1c(O)cccc1[N+](=O)[O-])N1CCCCCC1. The maximum absolute atomic E-state index is 12.1. The number of amides is 2. The van der Waals surface area contributed by atoms with Gasteiger partial charge in [0.05, 0.1) is 4.92 Å². The maximum atomic E-state index is 12.1. The minimum atomic E-state index is -0.627. The summed E-state index contributed by atoms with van der Waals surface area (Å²) in [6.45, 7) is 1.26. The van der Waals surface area contributed by atoms with Crippen molar-refractivity contribution in [1.29, 1.82) is 0 Å². The number of rotatable bonds is 2. The van der Waals surface area contributed by atoms with E-state index in [0.717, 1.165) is 25.7 Å². The van der Waals surface area contributed by atoms with Crippen LogP contribution in [0.15, 0.2) is 18.2 Å². The Bertz CT molecular complexity index is 510. The van der Waals surface area contributed by atoms with Gasteiger partial charge in [-0.05, 0) is 18.9 Å². The second-order valence-electron chi connectivity index (χ2n) is 4.76. The third kappa shape index (κ3) is 3.17. The van der Waals surface area contributed by atoms with Crippen molar-refractivity contribution in [2.45, 2.75) is 25.7 Å². The third-order valence-corrected chi connectivity index (χ3v) is 3.34. The van der Waals surface area contributed by atoms with Crippen LogP contribution in [0.3, 0.4) is 0 Å². The molecule has 1 fully saturated rings. The Morgan fingerprint density at radius 1 is 1.25 bits per heavy atom. The molecule has 2 N–H and O–H groups in total. The standard InChI is InChI=1S/C13H17N3O4/c17-11-7-5-6-10(16(19)20)12(11)14-13(18)15-8-3-1-2-4-9-15/h5-7,17H,1-4,8-9H2,(H,14,18). The zero-order chi connectivity index (χ0) is 14.5. The van der Waals surface area contributed by atoms with Crippen molar-refractivity contribution in [3.63, 3.8) is 0 Å². The predicted octanol–water partition coefficient (Wildman–Crippen LogP) is 2.71. The second kappa shape index (κ2) is 6.23. The number of carbonyl (C=O) groups excluding carboxylic acids is 1. The van der Waals surface area contributed by atoms with Crippen LogP contribution in [0.4, 0.5) is 16.2 Å². The van der Waals surface area contributed by atoms with Gasteiger partial charge in [0, 0.05) is 19.2 Å². The lowest BCUT2D eigenvalue weighted by Crippen LogP contribution is -2.35. The van der Waals surface area contributed by atoms with Crippen LogP contribution < -0.4 is 5.32 Å². The van der Waals surface area contributed by atoms with Gasteiger partial charge >= 0.3 is 6.03 Å². The summed E-state index contributed by atoms with van der Waals surface area (Å²) in [5.41, 5.74) is -0.458. The summed E-state index contributed by atoms with van der Waals surface area (Å²) < 4.78 is 0. The van der Waals surface area contributed by atoms with Gasteiger partial charge in [0.1, 0.15) is 5.75 Å². The highest BCUT2D eigenvalue weighted by molar-refractivity contribution is 5.93. The molecule has 7 nitrogen and oxygen atoms in total. The van der Waals surface area contributed by atoms with E-state index in [1.165, 1.54) is 18.2 Å². The number of anilines is 1. The summed E-state index contributed by atoms with van der Waals surface area (Å²) in [6.07, 6.45) is 4.02. The van der Waals surface area contributed by atoms with Gasteiger partial charge in [0.25, 0.3) is 5.69 Å². The van der Waals surface area contributed by atoms with Gasteiger partial charge < -0.3 is 10.0 Å². The van der Waals surface area contributed by atoms with Crippen molar-refractivity contribution >= 4 is 17.4 Å². The fourth-order valence-electron chi connectivity index (χ4n) is 2.27. The number of carbonyl (C=O) groups is 1. The summed E-state index contributed by atoms with van der Waals surface area (Å²) >= 11 is 0. The zero-order valence-electron chi connectivity index (χ0n) is 11.0. The molecule has 2 rings (SSSR count). The lowest BCUT2D eigenvalue weighted by Gasteiger charge is -2.20. The zero-order valence-corrected chi connectivity index (χ0v) is 11.0. The van der Waals surface area contributed by atoms with E-state index in [2.05, 4.69) is 5.32 Å². The van der Waals surface area contributed by atoms with Crippen molar-refractivity contribution in [3.05, 3.63) is 28.3 Å². The van der Waals surface area contributed by atoms with E-state index in [1.54, 1.807) is 4.90 Å². The Kier molecular flexibility index (Phi) is 4.39. The smallest absolute Gasteiger partial charge is 0.322 e. The molecule has 0 spiro atoms. The molecule has 1 aromatic rings. The van der Waals surface area contributed by atoms with Crippen LogP contribution in [0.1, 0.15) is 25.7 Å². The van der Waals surface area contributed by atoms with Crippen LogP contribution in [0.5, 0.6) is 5.75 Å². The molecule has 1 saturated heterocycles. The molecule has 0 radical (unpaired) electrons. The number of nitro groups is 1. The number of phenols is 1. The Morgan fingerprint density at radius 3 is 2.50 bits per heavy atom. The molecule has 1 aliphatic rings. The van der Waals surface area contributed by atoms with E-state index >= 15 is 0 Å². The van der Waals surface area contributed by atoms with Crippen LogP contribution in [-0.4, -0.2) is 34.1 Å². The molecule has 2 amide bonds. The predicted molar refractivity (Wildman–Crippen MR) is 73.8 cm³/mol. The van der Waals surface area contributed by atoms with Gasteiger partial charge in [-0.25, -0.2) is 4.79 Å². The molecule has 20 heavy (non-hydrogen) atoms. The van der Waals surface area contributed by atoms with E-state index in [-0.39, 0.29) is 17.1 Å². The fourth-order valence-corrected chi connectivity index (χ4v) is 2.27. The maximum Gasteiger partial charge on any atom is 0.322 e. The highest BCUT2D eigenvalue weighted by atomic mass is 16.6. The van der Waals surface area contributed by atoms with Crippen molar-refractivity contribution in [3.8, 4) is 5.75 Å². The Morgan fingerprint density at radius 2 is 1.90 bits per heavy atom. The van der Waals surface area contributed by atoms with E-state index in [4.69, 9.17) is 0 Å². The van der Waals surface area contributed by atoms with Gasteiger partial charge in [0.2, 0.25) is 0 Å². The first-order chi connectivity index (χ1) is 9.59. The first kappa shape index (κ1) is 14.1. The molecule has 0 aromatic heterocycles. The number of nitrogens with zero attached hydrogens (tertiary/aromatic N) is 2. The number of nitro benzene ring substituents is 1. The average molecular weight is 279 g/mol. The van der Waals surface area contributed by atoms with Crippen LogP contribution in [-0.2, 0) is 0 Å². The number of hydrogen-bond donors (Lipinski definition) is 2. The highest BCUT2D eigenvalue weighted by Gasteiger charge is 2.22. The lowest BCUT2D eigenvalue weighted by molar-refractivity contribution is -0.384. The number of phenolic OH excluding ortho intramolecular Hbond substituents is 1. The number of urea groups is 1. The lowest BCUT2D eigenvalue weighted by atomic mass is 10.2. The van der Waals surface area contributed by atoms with Crippen molar-refractivity contribution in [2.24, 2.45) is 0 Å². The number of likely N-dealkylation sites (tertiary alicyclic amines) is 1. The summed E-state index contributed by atoms with van der Waals surface area (Å²) in [4.78, 5) is 24.0. The van der Waals surface area contributed by atoms with Gasteiger partial charge in [-0.15, -0.1) is 0 Å². The number of hydrogen-bond acceptors (Lipinski definition) is 4. The van der Waals surface area contributed by atoms with Gasteiger partial charge in [-0.2, -0.15) is 0 Å². The average Bonchev–Trinajstić information content (AvgIpc) is 2.69. The first-order valence-electron chi connectivity index (χ1n) is 6.62. The topological polar surface area (TPSA) is 95.7 Å². The summed E-state index contributed by atoms with van der Waals surface area (Å²) in [6, 6.07) is 3.52. The van der Waals surface area contributed by atoms with E-state index in [9.17, 15) is 20.0 Å². The number of nitrogens with one attached hydrogen (secondary N) is 1. The second-order valence-corrected chi connectivity index (χ2v) is 4.76. The van der Waals surface area contributed by atoms with E-state index < -0.39 is 11.0 Å². The number of para-hydroxylation sites is 1. The first-order valence-corrected chi connectivity index (χ1v) is 6.62. The van der Waals surface area contributed by atoms with Crippen LogP contribution >= 0.6 is 0 Å². The van der Waals surface area contributed by atoms with Gasteiger partial charge in [-0.1, -0.05) is 18.9 Å². The molecule has 108 valence electrons. The molecule has 1 aliphatic heterocycles. The van der Waals surface area contributed by atoms with Crippen molar-refractivity contribution in [1.82, 2.24) is 4.90 Å². The molecule has 7 heteroatoms. The quantitative estimate of drug-likeness (QED) is 0.494. The Hall–Kier alpha value is -2.31. The molecular formula is C13H17N3O4. The van der Waals surface area contributed by atoms with Crippen LogP contribution in [0.25, 0.3) is 0 Å². The largest absolute Gasteiger partial charge is 0.505 e. The molecule has 0 unspecified atom stereocenters. The van der Waals surface area contributed by atoms with Crippen LogP contribution in [0, 0.1) is 10.1 Å². The van der Waals surface area contributed by atoms with Gasteiger partial charge in [0.15, 0.2) is 5.69 Å². The highest BCUT2D eigenvalue weighted by Crippen LogP contribution is 2.33. The fraction of sp³-hybridized carbons (Fsp3) is 0.462. The number of aromatic hydroxyl groups is 1. The molecule has 1 heterocycles. The van der Waals surface area contributed by atoms with Crippen molar-refractivity contribution in [2.75, 3.05) is 18.4 Å². The molecule has 0 saturated carbocycles. The van der Waals surface area contributed by atoms with Crippen LogP contribution in [0.2, 0.25) is 0 Å². The molecule has 0 aliphatic carbocycles. The van der Waals surface area contributed by atoms with Crippen molar-refractivity contribution < 1.29 is 14.8 Å². The Balaban J connectivity index is 2.16. The minimum absolute atomic E-state index is 0.147. The molecular weight excluding hydrogens is 262 g/mol. The summed E-state index contributed by atoms with van der Waals surface area (Å²) in [7, 11) is 0. The third-order valence-electron chi connectivity index (χ3n) is 3.34. The molecule has 1 aromatic carbocycles. The Labute approximate surface area is 116 Å². The molecule has 0 bridgehead atoms. The molecule has 0 atom stereocenters. The normalized spacial score (nSPS) is 15.5. The monoisotopic (exact) mass is 279 g/mol. The van der Waals surface area contributed by atoms with Gasteiger partial charge in [-0.3, -0.25) is 15.4 Å². The summed E-state index contributed by atoms with van der Waals surface area (Å²) in [5, 5.41) is 23.1. The minimum Gasteiger partial charge on any atom is -0.505 e. The van der Waals surface area contributed by atoms with E-state index in [1.807, 2.05) is 0 Å².